The standard InChI is InChI=1S/C12H9ClFNO4S/c13-20(17,18)9-3-4-10(11(14)6-9)12(16)15-7-8-2-1-5-19-8/h1-6H,7H2,(H,15,16). The lowest BCUT2D eigenvalue weighted by atomic mass is 10.2. The Bertz CT molecular complexity index is 728. The fourth-order valence-electron chi connectivity index (χ4n) is 1.51. The summed E-state index contributed by atoms with van der Waals surface area (Å²) in [5, 5.41) is 2.45. The highest BCUT2D eigenvalue weighted by Crippen LogP contribution is 2.18. The molecule has 0 saturated carbocycles. The van der Waals surface area contributed by atoms with E-state index in [9.17, 15) is 17.6 Å². The van der Waals surface area contributed by atoms with Crippen LogP contribution in [0.15, 0.2) is 45.9 Å². The van der Waals surface area contributed by atoms with Crippen molar-refractivity contribution in [3.8, 4) is 0 Å². The van der Waals surface area contributed by atoms with Crippen LogP contribution in [0.25, 0.3) is 0 Å². The average molecular weight is 318 g/mol. The molecule has 0 aliphatic rings. The van der Waals surface area contributed by atoms with E-state index < -0.39 is 25.7 Å². The van der Waals surface area contributed by atoms with E-state index in [0.717, 1.165) is 12.1 Å². The van der Waals surface area contributed by atoms with Gasteiger partial charge in [0.1, 0.15) is 11.6 Å². The molecule has 5 nitrogen and oxygen atoms in total. The predicted octanol–water partition coefficient (Wildman–Crippen LogP) is 2.28. The third kappa shape index (κ3) is 3.37. The van der Waals surface area contributed by atoms with Gasteiger partial charge < -0.3 is 9.73 Å². The number of hydrogen-bond donors (Lipinski definition) is 1. The Kier molecular flexibility index (Phi) is 4.10. The molecule has 0 unspecified atom stereocenters. The van der Waals surface area contributed by atoms with Crippen LogP contribution in [0, 0.1) is 5.82 Å². The normalized spacial score (nSPS) is 11.3. The summed E-state index contributed by atoms with van der Waals surface area (Å²) in [6.07, 6.45) is 1.45. The molecule has 2 rings (SSSR count). The van der Waals surface area contributed by atoms with Crippen LogP contribution in [0.4, 0.5) is 4.39 Å². The van der Waals surface area contributed by atoms with E-state index in [1.807, 2.05) is 0 Å². The number of furan rings is 1. The highest BCUT2D eigenvalue weighted by Gasteiger charge is 2.17. The Morgan fingerprint density at radius 3 is 2.65 bits per heavy atom. The van der Waals surface area contributed by atoms with Crippen molar-refractivity contribution in [3.63, 3.8) is 0 Å². The van der Waals surface area contributed by atoms with Crippen LogP contribution in [0.2, 0.25) is 0 Å². The van der Waals surface area contributed by atoms with Crippen LogP contribution in [0.5, 0.6) is 0 Å². The predicted molar refractivity (Wildman–Crippen MR) is 69.3 cm³/mol. The van der Waals surface area contributed by atoms with Gasteiger partial charge in [-0.05, 0) is 30.3 Å². The highest BCUT2D eigenvalue weighted by atomic mass is 35.7. The third-order valence-electron chi connectivity index (χ3n) is 2.47. The van der Waals surface area contributed by atoms with Gasteiger partial charge in [-0.2, -0.15) is 0 Å². The van der Waals surface area contributed by atoms with Gasteiger partial charge in [0, 0.05) is 10.7 Å². The SMILES string of the molecule is O=C(NCc1ccco1)c1ccc(S(=O)(=O)Cl)cc1F. The van der Waals surface area contributed by atoms with Gasteiger partial charge in [-0.3, -0.25) is 4.79 Å². The lowest BCUT2D eigenvalue weighted by Gasteiger charge is -2.05. The molecule has 0 aliphatic carbocycles. The number of nitrogens with one attached hydrogen (secondary N) is 1. The van der Waals surface area contributed by atoms with Crippen molar-refractivity contribution in [1.82, 2.24) is 5.32 Å². The van der Waals surface area contributed by atoms with E-state index in [-0.39, 0.29) is 12.1 Å². The smallest absolute Gasteiger partial charge is 0.261 e. The number of carbonyl (C=O) groups excluding carboxylic acids is 1. The minimum Gasteiger partial charge on any atom is -0.467 e. The number of carbonyl (C=O) groups is 1. The molecule has 0 radical (unpaired) electrons. The molecule has 0 atom stereocenters. The number of benzene rings is 1. The van der Waals surface area contributed by atoms with Gasteiger partial charge in [-0.25, -0.2) is 12.8 Å². The molecule has 0 saturated heterocycles. The maximum absolute atomic E-state index is 13.7. The molecule has 1 heterocycles. The molecular weight excluding hydrogens is 309 g/mol. The van der Waals surface area contributed by atoms with Crippen molar-refractivity contribution in [2.75, 3.05) is 0 Å². The maximum atomic E-state index is 13.7. The average Bonchev–Trinajstić information content (AvgIpc) is 2.87. The first-order valence-electron chi connectivity index (χ1n) is 5.43. The van der Waals surface area contributed by atoms with E-state index in [2.05, 4.69) is 5.32 Å². The van der Waals surface area contributed by atoms with Crippen molar-refractivity contribution < 1.29 is 22.0 Å². The van der Waals surface area contributed by atoms with Gasteiger partial charge >= 0.3 is 0 Å². The Labute approximate surface area is 118 Å². The van der Waals surface area contributed by atoms with Crippen LogP contribution < -0.4 is 5.32 Å². The van der Waals surface area contributed by atoms with Crippen LogP contribution in [-0.2, 0) is 15.6 Å². The number of amides is 1. The van der Waals surface area contributed by atoms with E-state index in [1.165, 1.54) is 6.26 Å². The Morgan fingerprint density at radius 2 is 2.10 bits per heavy atom. The van der Waals surface area contributed by atoms with Crippen molar-refractivity contribution in [2.45, 2.75) is 11.4 Å². The largest absolute Gasteiger partial charge is 0.467 e. The van der Waals surface area contributed by atoms with Gasteiger partial charge in [0.15, 0.2) is 0 Å². The molecule has 20 heavy (non-hydrogen) atoms. The minimum absolute atomic E-state index is 0.0980. The van der Waals surface area contributed by atoms with Crippen LogP contribution in [-0.4, -0.2) is 14.3 Å². The lowest BCUT2D eigenvalue weighted by molar-refractivity contribution is 0.0944. The summed E-state index contributed by atoms with van der Waals surface area (Å²) in [4.78, 5) is 11.3. The van der Waals surface area contributed by atoms with Crippen LogP contribution >= 0.6 is 10.7 Å². The molecule has 0 fully saturated rings. The zero-order valence-electron chi connectivity index (χ0n) is 9.97. The van der Waals surface area contributed by atoms with E-state index in [1.54, 1.807) is 12.1 Å². The van der Waals surface area contributed by atoms with E-state index in [4.69, 9.17) is 15.1 Å². The number of rotatable bonds is 4. The molecule has 1 N–H and O–H groups in total. The second kappa shape index (κ2) is 5.64. The Balaban J connectivity index is 2.14. The first kappa shape index (κ1) is 14.5. The molecule has 106 valence electrons. The van der Waals surface area contributed by atoms with Gasteiger partial charge in [0.25, 0.3) is 15.0 Å². The summed E-state index contributed by atoms with van der Waals surface area (Å²) in [6.45, 7) is 0.0980. The quantitative estimate of drug-likeness (QED) is 0.878. The monoisotopic (exact) mass is 317 g/mol. The van der Waals surface area contributed by atoms with Crippen molar-refractivity contribution in [3.05, 3.63) is 53.7 Å². The summed E-state index contributed by atoms with van der Waals surface area (Å²) in [7, 11) is 1.05. The minimum atomic E-state index is -4.03. The van der Waals surface area contributed by atoms with Crippen LogP contribution in [0.1, 0.15) is 16.1 Å². The summed E-state index contributed by atoms with van der Waals surface area (Å²) in [5.74, 6) is -1.14. The molecule has 0 bridgehead atoms. The topological polar surface area (TPSA) is 76.4 Å². The molecular formula is C12H9ClFNO4S. The zero-order valence-corrected chi connectivity index (χ0v) is 11.5. The molecule has 8 heteroatoms. The summed E-state index contributed by atoms with van der Waals surface area (Å²) >= 11 is 0. The van der Waals surface area contributed by atoms with Gasteiger partial charge in [0.2, 0.25) is 0 Å². The van der Waals surface area contributed by atoms with Gasteiger partial charge in [0.05, 0.1) is 23.3 Å². The fourth-order valence-corrected chi connectivity index (χ4v) is 2.27. The van der Waals surface area contributed by atoms with E-state index >= 15 is 0 Å². The Hall–Kier alpha value is -1.86. The zero-order chi connectivity index (χ0) is 14.8. The molecule has 0 aliphatic heterocycles. The maximum Gasteiger partial charge on any atom is 0.261 e. The van der Waals surface area contributed by atoms with Gasteiger partial charge in [-0.1, -0.05) is 0 Å². The van der Waals surface area contributed by atoms with Crippen molar-refractivity contribution >= 4 is 25.6 Å². The third-order valence-corrected chi connectivity index (χ3v) is 3.82. The fraction of sp³-hybridized carbons (Fsp3) is 0.0833. The van der Waals surface area contributed by atoms with Crippen molar-refractivity contribution in [1.29, 1.82) is 0 Å². The first-order valence-corrected chi connectivity index (χ1v) is 7.73. The second-order valence-corrected chi connectivity index (χ2v) is 6.41. The number of halogens is 2. The molecule has 2 aromatic rings. The first-order chi connectivity index (χ1) is 9.38. The Morgan fingerprint density at radius 1 is 1.35 bits per heavy atom. The lowest BCUT2D eigenvalue weighted by Crippen LogP contribution is -2.23. The summed E-state index contributed by atoms with van der Waals surface area (Å²) in [6, 6.07) is 6.13. The molecule has 1 amide bonds. The summed E-state index contributed by atoms with van der Waals surface area (Å²) < 4.78 is 40.8. The molecule has 0 spiro atoms. The molecule has 1 aromatic heterocycles. The summed E-state index contributed by atoms with van der Waals surface area (Å²) in [5.41, 5.74) is -0.277. The van der Waals surface area contributed by atoms with Crippen molar-refractivity contribution in [2.24, 2.45) is 0 Å². The second-order valence-electron chi connectivity index (χ2n) is 3.84. The number of hydrogen-bond acceptors (Lipinski definition) is 4. The van der Waals surface area contributed by atoms with E-state index in [0.29, 0.717) is 11.8 Å². The molecule has 1 aromatic carbocycles. The van der Waals surface area contributed by atoms with Gasteiger partial charge in [-0.15, -0.1) is 0 Å². The van der Waals surface area contributed by atoms with Crippen LogP contribution in [0.3, 0.4) is 0 Å². The highest BCUT2D eigenvalue weighted by molar-refractivity contribution is 8.13.